The van der Waals surface area contributed by atoms with E-state index in [-0.39, 0.29) is 6.10 Å². The predicted molar refractivity (Wildman–Crippen MR) is 43.2 cm³/mol. The summed E-state index contributed by atoms with van der Waals surface area (Å²) in [5.74, 6) is 7.73. The lowest BCUT2D eigenvalue weighted by Gasteiger charge is -2.46. The third kappa shape index (κ3) is 0.296. The van der Waals surface area contributed by atoms with E-state index in [1.54, 1.807) is 0 Å². The second-order valence-electron chi connectivity index (χ2n) is 5.93. The van der Waals surface area contributed by atoms with Crippen molar-refractivity contribution < 1.29 is 5.11 Å². The Morgan fingerprint density at radius 2 is 1.33 bits per heavy atom. The first kappa shape index (κ1) is 5.64. The summed E-state index contributed by atoms with van der Waals surface area (Å²) in [5, 5.41) is 10.1. The van der Waals surface area contributed by atoms with Crippen molar-refractivity contribution in [2.24, 2.45) is 47.3 Å². The van der Waals surface area contributed by atoms with E-state index in [0.717, 1.165) is 47.3 Å². The molecule has 5 fully saturated rings. The number of fused-ring (bicyclic) bond motifs is 2. The van der Waals surface area contributed by atoms with Gasteiger partial charge in [-0.1, -0.05) is 0 Å². The van der Waals surface area contributed by atoms with Crippen molar-refractivity contribution in [1.29, 1.82) is 0 Å². The van der Waals surface area contributed by atoms with Crippen molar-refractivity contribution in [1.82, 2.24) is 0 Å². The van der Waals surface area contributed by atoms with Crippen molar-refractivity contribution in [3.05, 3.63) is 0 Å². The van der Waals surface area contributed by atoms with Crippen LogP contribution in [-0.2, 0) is 0 Å². The van der Waals surface area contributed by atoms with E-state index in [4.69, 9.17) is 0 Å². The summed E-state index contributed by atoms with van der Waals surface area (Å²) >= 11 is 0. The van der Waals surface area contributed by atoms with Gasteiger partial charge in [-0.05, 0) is 60.2 Å². The summed E-state index contributed by atoms with van der Waals surface area (Å²) in [5.41, 5.74) is 0. The Morgan fingerprint density at radius 1 is 0.667 bits per heavy atom. The first-order valence-electron chi connectivity index (χ1n) is 5.56. The topological polar surface area (TPSA) is 20.2 Å². The summed E-state index contributed by atoms with van der Waals surface area (Å²) < 4.78 is 0. The van der Waals surface area contributed by atoms with Crippen LogP contribution >= 0.6 is 0 Å². The zero-order valence-electron chi connectivity index (χ0n) is 7.06. The smallest absolute Gasteiger partial charge is 0.0607 e. The van der Waals surface area contributed by atoms with Gasteiger partial charge in [-0.2, -0.15) is 0 Å². The molecule has 0 aromatic rings. The largest absolute Gasteiger partial charge is 0.393 e. The maximum Gasteiger partial charge on any atom is 0.0607 e. The summed E-state index contributed by atoms with van der Waals surface area (Å²) in [6, 6.07) is 0. The van der Waals surface area contributed by atoms with E-state index in [9.17, 15) is 5.11 Å². The molecule has 0 aromatic carbocycles. The third-order valence-electron chi connectivity index (χ3n) is 6.28. The van der Waals surface area contributed by atoms with Gasteiger partial charge in [0.1, 0.15) is 0 Å². The average Bonchev–Trinajstić information content (AvgIpc) is 2.47. The van der Waals surface area contributed by atoms with Crippen molar-refractivity contribution >= 4 is 0 Å². The first-order valence-corrected chi connectivity index (χ1v) is 5.56. The van der Waals surface area contributed by atoms with Gasteiger partial charge < -0.3 is 5.11 Å². The Kier molecular flexibility index (Phi) is 0.609. The minimum Gasteiger partial charge on any atom is -0.393 e. The Balaban J connectivity index is 1.86. The predicted octanol–water partition coefficient (Wildman–Crippen LogP) is 1.13. The number of aliphatic hydroxyl groups excluding tert-OH is 1. The maximum atomic E-state index is 10.1. The lowest BCUT2D eigenvalue weighted by Crippen LogP contribution is -2.45. The fourth-order valence-corrected chi connectivity index (χ4v) is 6.42. The van der Waals surface area contributed by atoms with Gasteiger partial charge in [0, 0.05) is 0 Å². The molecule has 1 heteroatoms. The summed E-state index contributed by atoms with van der Waals surface area (Å²) in [6.45, 7) is 0. The van der Waals surface area contributed by atoms with Gasteiger partial charge in [0.15, 0.2) is 0 Å². The highest BCUT2D eigenvalue weighted by Gasteiger charge is 2.80. The highest BCUT2D eigenvalue weighted by atomic mass is 16.3. The monoisotopic (exact) mass is 162 g/mol. The number of hydrogen-bond acceptors (Lipinski definition) is 1. The highest BCUT2D eigenvalue weighted by molar-refractivity contribution is 5.27. The lowest BCUT2D eigenvalue weighted by atomic mass is 9.59. The molecule has 5 aliphatic carbocycles. The van der Waals surface area contributed by atoms with E-state index in [2.05, 4.69) is 0 Å². The van der Waals surface area contributed by atoms with Crippen LogP contribution in [0.1, 0.15) is 12.8 Å². The van der Waals surface area contributed by atoms with Crippen LogP contribution < -0.4 is 0 Å². The van der Waals surface area contributed by atoms with Crippen molar-refractivity contribution in [3.63, 3.8) is 0 Å². The lowest BCUT2D eigenvalue weighted by molar-refractivity contribution is -0.0494. The summed E-state index contributed by atoms with van der Waals surface area (Å²) in [7, 11) is 0. The van der Waals surface area contributed by atoms with Gasteiger partial charge in [0.05, 0.1) is 6.10 Å². The standard InChI is InChI=1S/C11H14O/c12-11-8-4-2-5-7-3(4)1-6(8)9(7)10(5)11/h3-12H,1-2H2/t3-,4-,5-,6+,7-,8+,9-,10+,11-/m1/s1. The summed E-state index contributed by atoms with van der Waals surface area (Å²) in [4.78, 5) is 0. The molecular weight excluding hydrogens is 148 g/mol. The first-order chi connectivity index (χ1) is 5.88. The van der Waals surface area contributed by atoms with Crippen LogP contribution in [-0.4, -0.2) is 11.2 Å². The number of rotatable bonds is 0. The average molecular weight is 162 g/mol. The second-order valence-corrected chi connectivity index (χ2v) is 5.93. The van der Waals surface area contributed by atoms with E-state index in [1.165, 1.54) is 12.8 Å². The van der Waals surface area contributed by atoms with Crippen molar-refractivity contribution in [2.45, 2.75) is 18.9 Å². The van der Waals surface area contributed by atoms with Crippen LogP contribution in [0.5, 0.6) is 0 Å². The van der Waals surface area contributed by atoms with Gasteiger partial charge in [0.2, 0.25) is 0 Å². The Hall–Kier alpha value is -0.0400. The molecule has 0 amide bonds. The van der Waals surface area contributed by atoms with Crippen LogP contribution in [0, 0.1) is 47.3 Å². The minimum absolute atomic E-state index is 0.146. The molecule has 0 aliphatic heterocycles. The molecule has 5 saturated carbocycles. The molecule has 1 nitrogen and oxygen atoms in total. The van der Waals surface area contributed by atoms with E-state index >= 15 is 0 Å². The molecule has 1 N–H and O–H groups in total. The minimum atomic E-state index is 0.146. The van der Waals surface area contributed by atoms with Crippen LogP contribution in [0.15, 0.2) is 0 Å². The van der Waals surface area contributed by atoms with E-state index < -0.39 is 0 Å². The molecule has 0 aromatic heterocycles. The molecular formula is C11H14O. The molecule has 5 aliphatic rings. The maximum absolute atomic E-state index is 10.1. The van der Waals surface area contributed by atoms with Gasteiger partial charge in [-0.15, -0.1) is 0 Å². The van der Waals surface area contributed by atoms with Crippen LogP contribution in [0.25, 0.3) is 0 Å². The molecule has 9 atom stereocenters. The number of aliphatic hydroxyl groups is 1. The fraction of sp³-hybridized carbons (Fsp3) is 1.00. The molecule has 0 saturated heterocycles. The molecule has 0 radical (unpaired) electrons. The zero-order chi connectivity index (χ0) is 7.61. The second kappa shape index (κ2) is 1.30. The van der Waals surface area contributed by atoms with Gasteiger partial charge in [0.25, 0.3) is 0 Å². The molecule has 12 heavy (non-hydrogen) atoms. The SMILES string of the molecule is O[C@@H]1[C@H]2[C@@H]3C[C@@H]4[C@H]5[C@@H]3C[C@@H]2[C@H]5[C@@H]14. The molecule has 2 bridgehead atoms. The van der Waals surface area contributed by atoms with Gasteiger partial charge in [-0.25, -0.2) is 0 Å². The normalized spacial score (nSPS) is 85.2. The Labute approximate surface area is 72.2 Å². The molecule has 0 unspecified atom stereocenters. The molecule has 5 rings (SSSR count). The van der Waals surface area contributed by atoms with Gasteiger partial charge >= 0.3 is 0 Å². The van der Waals surface area contributed by atoms with Crippen LogP contribution in [0.4, 0.5) is 0 Å². The van der Waals surface area contributed by atoms with E-state index in [0.29, 0.717) is 0 Å². The van der Waals surface area contributed by atoms with Gasteiger partial charge in [-0.3, -0.25) is 0 Å². The zero-order valence-corrected chi connectivity index (χ0v) is 7.06. The van der Waals surface area contributed by atoms with Crippen molar-refractivity contribution in [2.75, 3.05) is 0 Å². The quantitative estimate of drug-likeness (QED) is 0.566. The third-order valence-corrected chi connectivity index (χ3v) is 6.28. The number of hydrogen-bond donors (Lipinski definition) is 1. The van der Waals surface area contributed by atoms with Crippen molar-refractivity contribution in [3.8, 4) is 0 Å². The van der Waals surface area contributed by atoms with E-state index in [1.807, 2.05) is 0 Å². The summed E-state index contributed by atoms with van der Waals surface area (Å²) in [6.07, 6.45) is 3.16. The highest BCUT2D eigenvalue weighted by Crippen LogP contribution is 2.82. The Bertz CT molecular complexity index is 277. The molecule has 64 valence electrons. The fourth-order valence-electron chi connectivity index (χ4n) is 6.42. The Morgan fingerprint density at radius 3 is 2.17 bits per heavy atom. The van der Waals surface area contributed by atoms with Crippen LogP contribution in [0.2, 0.25) is 0 Å². The molecule has 0 spiro atoms. The molecule has 0 heterocycles. The van der Waals surface area contributed by atoms with Crippen LogP contribution in [0.3, 0.4) is 0 Å².